The molecule has 1 N–H and O–H groups in total. The third-order valence-electron chi connectivity index (χ3n) is 4.83. The molecular formula is C21H13ClF4N4O. The summed E-state index contributed by atoms with van der Waals surface area (Å²) in [6.45, 7) is 0. The van der Waals surface area contributed by atoms with Crippen LogP contribution in [0.25, 0.3) is 5.69 Å². The maximum Gasteiger partial charge on any atom is 0.435 e. The molecule has 3 aromatic rings. The van der Waals surface area contributed by atoms with Gasteiger partial charge in [0.2, 0.25) is 0 Å². The van der Waals surface area contributed by atoms with E-state index < -0.39 is 29.3 Å². The topological polar surface area (TPSA) is 70.7 Å². The van der Waals surface area contributed by atoms with Gasteiger partial charge in [-0.2, -0.15) is 23.5 Å². The molecule has 1 heterocycles. The largest absolute Gasteiger partial charge is 0.435 e. The zero-order valence-electron chi connectivity index (χ0n) is 15.6. The SMILES string of the molecule is N#Cc1cccc(-n2nc(C(F)(F)F)cc2C(=O)Nc2cc(C3CC3Cl)ccc2F)c1. The highest BCUT2D eigenvalue weighted by molar-refractivity contribution is 6.23. The highest BCUT2D eigenvalue weighted by atomic mass is 35.5. The Morgan fingerprint density at radius 2 is 1.97 bits per heavy atom. The number of carbonyl (C=O) groups is 1. The molecule has 1 aliphatic rings. The number of hydrogen-bond donors (Lipinski definition) is 1. The Balaban J connectivity index is 1.72. The third-order valence-corrected chi connectivity index (χ3v) is 5.31. The van der Waals surface area contributed by atoms with Gasteiger partial charge in [-0.25, -0.2) is 9.07 Å². The Morgan fingerprint density at radius 3 is 2.61 bits per heavy atom. The van der Waals surface area contributed by atoms with E-state index in [0.717, 1.165) is 16.7 Å². The van der Waals surface area contributed by atoms with E-state index in [0.29, 0.717) is 6.07 Å². The molecule has 0 saturated heterocycles. The summed E-state index contributed by atoms with van der Waals surface area (Å²) in [5.41, 5.74) is -0.956. The number of alkyl halides is 4. The van der Waals surface area contributed by atoms with E-state index in [4.69, 9.17) is 16.9 Å². The first-order chi connectivity index (χ1) is 14.7. The van der Waals surface area contributed by atoms with E-state index in [9.17, 15) is 22.4 Å². The average molecular weight is 449 g/mol. The standard InChI is InChI=1S/C21H13ClF4N4O/c22-15-8-14(15)12-4-5-16(23)17(7-12)28-20(31)18-9-19(21(24,25)26)29-30(18)13-3-1-2-11(6-13)10-27/h1-7,9,14-15H,8H2,(H,28,31). The van der Waals surface area contributed by atoms with Crippen molar-refractivity contribution in [3.05, 3.63) is 76.9 Å². The van der Waals surface area contributed by atoms with Gasteiger partial charge >= 0.3 is 6.18 Å². The van der Waals surface area contributed by atoms with Crippen molar-refractivity contribution in [1.29, 1.82) is 5.26 Å². The Morgan fingerprint density at radius 1 is 1.23 bits per heavy atom. The second-order valence-electron chi connectivity index (χ2n) is 7.04. The number of rotatable bonds is 4. The predicted octanol–water partition coefficient (Wildman–Crippen LogP) is 5.25. The van der Waals surface area contributed by atoms with Crippen molar-refractivity contribution in [2.75, 3.05) is 5.32 Å². The second-order valence-corrected chi connectivity index (χ2v) is 7.60. The Bertz CT molecular complexity index is 1210. The van der Waals surface area contributed by atoms with Gasteiger partial charge in [-0.05, 0) is 42.3 Å². The number of nitrogens with one attached hydrogen (secondary N) is 1. The molecule has 1 fully saturated rings. The minimum absolute atomic E-state index is 0.0361. The number of nitriles is 1. The summed E-state index contributed by atoms with van der Waals surface area (Å²) in [6.07, 6.45) is -4.09. The summed E-state index contributed by atoms with van der Waals surface area (Å²) in [5, 5.41) is 14.8. The number of carbonyl (C=O) groups excluding carboxylic acids is 1. The number of aromatic nitrogens is 2. The molecule has 31 heavy (non-hydrogen) atoms. The fraction of sp³-hybridized carbons (Fsp3) is 0.190. The first-order valence-corrected chi connectivity index (χ1v) is 9.53. The lowest BCUT2D eigenvalue weighted by atomic mass is 10.1. The van der Waals surface area contributed by atoms with Gasteiger partial charge in [0.1, 0.15) is 11.5 Å². The van der Waals surface area contributed by atoms with Gasteiger partial charge in [-0.3, -0.25) is 4.79 Å². The quantitative estimate of drug-likeness (QED) is 0.438. The van der Waals surface area contributed by atoms with Crippen LogP contribution in [-0.4, -0.2) is 21.1 Å². The van der Waals surface area contributed by atoms with Gasteiger partial charge in [0.15, 0.2) is 5.69 Å². The van der Waals surface area contributed by atoms with Gasteiger partial charge < -0.3 is 5.32 Å². The van der Waals surface area contributed by atoms with Crippen LogP contribution in [0, 0.1) is 17.1 Å². The minimum atomic E-state index is -4.81. The van der Waals surface area contributed by atoms with Gasteiger partial charge in [0, 0.05) is 17.4 Å². The maximum absolute atomic E-state index is 14.3. The van der Waals surface area contributed by atoms with Crippen molar-refractivity contribution in [2.24, 2.45) is 0 Å². The number of hydrogen-bond acceptors (Lipinski definition) is 3. The Hall–Kier alpha value is -3.38. The molecule has 4 rings (SSSR count). The van der Waals surface area contributed by atoms with Gasteiger partial charge in [0.25, 0.3) is 5.91 Å². The first-order valence-electron chi connectivity index (χ1n) is 9.10. The molecule has 1 aromatic heterocycles. The van der Waals surface area contributed by atoms with E-state index in [1.807, 2.05) is 6.07 Å². The number of nitrogens with zero attached hydrogens (tertiary/aromatic N) is 3. The molecular weight excluding hydrogens is 436 g/mol. The maximum atomic E-state index is 14.3. The highest BCUT2D eigenvalue weighted by Gasteiger charge is 2.38. The van der Waals surface area contributed by atoms with Crippen LogP contribution in [0.15, 0.2) is 48.5 Å². The van der Waals surface area contributed by atoms with Crippen LogP contribution in [0.3, 0.4) is 0 Å². The Kier molecular flexibility index (Phi) is 5.19. The minimum Gasteiger partial charge on any atom is -0.318 e. The predicted molar refractivity (Wildman–Crippen MR) is 105 cm³/mol. The molecule has 10 heteroatoms. The van der Waals surface area contributed by atoms with Crippen molar-refractivity contribution in [3.63, 3.8) is 0 Å². The van der Waals surface area contributed by atoms with E-state index in [1.165, 1.54) is 36.4 Å². The molecule has 0 bridgehead atoms. The van der Waals surface area contributed by atoms with Crippen LogP contribution in [0.5, 0.6) is 0 Å². The van der Waals surface area contributed by atoms with Crippen LogP contribution in [0.1, 0.15) is 39.6 Å². The van der Waals surface area contributed by atoms with Crippen molar-refractivity contribution in [2.45, 2.75) is 23.9 Å². The third kappa shape index (κ3) is 4.25. The molecule has 1 amide bonds. The van der Waals surface area contributed by atoms with Gasteiger partial charge in [-0.1, -0.05) is 12.1 Å². The molecule has 158 valence electrons. The average Bonchev–Trinajstić information content (AvgIpc) is 3.27. The molecule has 2 aromatic carbocycles. The lowest BCUT2D eigenvalue weighted by Gasteiger charge is -2.10. The monoisotopic (exact) mass is 448 g/mol. The summed E-state index contributed by atoms with van der Waals surface area (Å²) in [5.74, 6) is -1.69. The lowest BCUT2D eigenvalue weighted by Crippen LogP contribution is -2.18. The highest BCUT2D eigenvalue weighted by Crippen LogP contribution is 2.45. The smallest absolute Gasteiger partial charge is 0.318 e. The first kappa shape index (κ1) is 20.9. The summed E-state index contributed by atoms with van der Waals surface area (Å²) in [7, 11) is 0. The van der Waals surface area contributed by atoms with Gasteiger partial charge in [-0.15, -0.1) is 11.6 Å². The molecule has 2 unspecified atom stereocenters. The number of benzene rings is 2. The summed E-state index contributed by atoms with van der Waals surface area (Å²) < 4.78 is 54.8. The fourth-order valence-corrected chi connectivity index (χ4v) is 3.49. The second kappa shape index (κ2) is 7.71. The van der Waals surface area contributed by atoms with Crippen molar-refractivity contribution in [3.8, 4) is 11.8 Å². The van der Waals surface area contributed by atoms with Crippen LogP contribution >= 0.6 is 11.6 Å². The number of halogens is 5. The van der Waals surface area contributed by atoms with Crippen molar-refractivity contribution in [1.82, 2.24) is 9.78 Å². The molecule has 1 aliphatic carbocycles. The molecule has 1 saturated carbocycles. The summed E-state index contributed by atoms with van der Waals surface area (Å²) in [6, 6.07) is 12.2. The Labute approximate surface area is 178 Å². The van der Waals surface area contributed by atoms with Crippen molar-refractivity contribution >= 4 is 23.2 Å². The fourth-order valence-electron chi connectivity index (χ4n) is 3.15. The van der Waals surface area contributed by atoms with Crippen LogP contribution < -0.4 is 5.32 Å². The van der Waals surface area contributed by atoms with Gasteiger partial charge in [0.05, 0.1) is 23.0 Å². The number of amides is 1. The van der Waals surface area contributed by atoms with Crippen LogP contribution in [-0.2, 0) is 6.18 Å². The normalized spacial score (nSPS) is 17.8. The van der Waals surface area contributed by atoms with E-state index in [1.54, 1.807) is 6.07 Å². The zero-order chi connectivity index (χ0) is 22.3. The summed E-state index contributed by atoms with van der Waals surface area (Å²) >= 11 is 6.02. The van der Waals surface area contributed by atoms with Crippen LogP contribution in [0.2, 0.25) is 0 Å². The zero-order valence-corrected chi connectivity index (χ0v) is 16.4. The lowest BCUT2D eigenvalue weighted by molar-refractivity contribution is -0.141. The molecule has 2 atom stereocenters. The number of anilines is 1. The van der Waals surface area contributed by atoms with E-state index in [2.05, 4.69) is 10.4 Å². The molecule has 0 radical (unpaired) electrons. The molecule has 0 spiro atoms. The summed E-state index contributed by atoms with van der Waals surface area (Å²) in [4.78, 5) is 12.8. The molecule has 0 aliphatic heterocycles. The van der Waals surface area contributed by atoms with Crippen molar-refractivity contribution < 1.29 is 22.4 Å². The van der Waals surface area contributed by atoms with E-state index >= 15 is 0 Å². The van der Waals surface area contributed by atoms with E-state index in [-0.39, 0.29) is 28.2 Å². The molecule has 5 nitrogen and oxygen atoms in total. The van der Waals surface area contributed by atoms with Crippen LogP contribution in [0.4, 0.5) is 23.2 Å².